The lowest BCUT2D eigenvalue weighted by Crippen LogP contribution is -2.14. The lowest BCUT2D eigenvalue weighted by atomic mass is 10.3. The van der Waals surface area contributed by atoms with E-state index in [1.807, 2.05) is 0 Å². The van der Waals surface area contributed by atoms with Crippen LogP contribution in [0.15, 0.2) is 47.4 Å². The summed E-state index contributed by atoms with van der Waals surface area (Å²) in [4.78, 5) is 10.3. The van der Waals surface area contributed by atoms with Crippen LogP contribution in [0.4, 0.5) is 17.1 Å². The number of benzene rings is 2. The average Bonchev–Trinajstić information content (AvgIpc) is 2.47. The van der Waals surface area contributed by atoms with E-state index < -0.39 is 20.0 Å². The number of hydrogen-bond donors (Lipinski definition) is 4. The number of amides is 1. The van der Waals surface area contributed by atoms with Crippen molar-refractivity contribution in [2.75, 3.05) is 21.0 Å². The summed E-state index contributed by atoms with van der Waals surface area (Å²) in [6, 6.07) is 9.06. The summed E-state index contributed by atoms with van der Waals surface area (Å²) in [5, 5.41) is 11.8. The zero-order valence-corrected chi connectivity index (χ0v) is 14.6. The van der Waals surface area contributed by atoms with E-state index >= 15 is 0 Å². The normalized spacial score (nSPS) is 11.6. The van der Waals surface area contributed by atoms with Crippen molar-refractivity contribution in [2.24, 2.45) is 0 Å². The zero-order chi connectivity index (χ0) is 18.7. The fraction of sp³-hybridized carbons (Fsp3) is 0.0714. The predicted octanol–water partition coefficient (Wildman–Crippen LogP) is 1.13. The molecule has 134 valence electrons. The molecular formula is C14H15N3O6S2. The third kappa shape index (κ3) is 5.09. The molecule has 9 nitrogen and oxygen atoms in total. The smallest absolute Gasteiger partial charge is 0.261 e. The van der Waals surface area contributed by atoms with Crippen molar-refractivity contribution in [3.8, 4) is 5.75 Å². The monoisotopic (exact) mass is 385 g/mol. The summed E-state index contributed by atoms with van der Waals surface area (Å²) in [6.07, 6.45) is 1.28. The number of carbonyl (C=O) groups excluding carboxylic acids is 1. The summed E-state index contributed by atoms with van der Waals surface area (Å²) in [5.74, 6) is -0.287. The molecule has 0 unspecified atom stereocenters. The molecule has 2 rings (SSSR count). The van der Waals surface area contributed by atoms with Crippen molar-refractivity contribution in [1.29, 1.82) is 0 Å². The minimum absolute atomic E-state index is 0.0645. The Balaban J connectivity index is 2.31. The lowest BCUT2D eigenvalue weighted by molar-refractivity contribution is -0.105. The summed E-state index contributed by atoms with van der Waals surface area (Å²) in [5.41, 5.74) is 0.258. The Morgan fingerprint density at radius 3 is 2.20 bits per heavy atom. The standard InChI is InChI=1S/C14H15N3O6S2/c1-24(20,21)16-10-3-2-4-11(7-10)17-25(22,23)12-5-6-14(19)13(8-12)15-9-18/h2-9,16-17,19H,1H3,(H,15,18). The van der Waals surface area contributed by atoms with Crippen molar-refractivity contribution < 1.29 is 26.7 Å². The van der Waals surface area contributed by atoms with E-state index in [4.69, 9.17) is 0 Å². The van der Waals surface area contributed by atoms with Crippen LogP contribution in [0.25, 0.3) is 0 Å². The maximum atomic E-state index is 12.4. The summed E-state index contributed by atoms with van der Waals surface area (Å²) in [7, 11) is -7.53. The molecule has 0 heterocycles. The van der Waals surface area contributed by atoms with Gasteiger partial charge in [-0.15, -0.1) is 0 Å². The molecular weight excluding hydrogens is 370 g/mol. The highest BCUT2D eigenvalue weighted by molar-refractivity contribution is 7.92. The predicted molar refractivity (Wildman–Crippen MR) is 93.5 cm³/mol. The van der Waals surface area contributed by atoms with Crippen LogP contribution in [0.1, 0.15) is 0 Å². The number of aromatic hydroxyl groups is 1. The van der Waals surface area contributed by atoms with Gasteiger partial charge in [-0.2, -0.15) is 0 Å². The molecule has 0 fully saturated rings. The van der Waals surface area contributed by atoms with Gasteiger partial charge < -0.3 is 10.4 Å². The summed E-state index contributed by atoms with van der Waals surface area (Å²) in [6.45, 7) is 0. The van der Waals surface area contributed by atoms with Crippen LogP contribution in [0.3, 0.4) is 0 Å². The van der Waals surface area contributed by atoms with Gasteiger partial charge in [-0.25, -0.2) is 16.8 Å². The topological polar surface area (TPSA) is 142 Å². The van der Waals surface area contributed by atoms with Crippen LogP contribution < -0.4 is 14.8 Å². The second kappa shape index (κ2) is 6.99. The highest BCUT2D eigenvalue weighted by atomic mass is 32.2. The molecule has 0 aliphatic heterocycles. The van der Waals surface area contributed by atoms with Gasteiger partial charge in [0.05, 0.1) is 28.2 Å². The Labute approximate surface area is 144 Å². The minimum atomic E-state index is -4.03. The molecule has 0 spiro atoms. The fourth-order valence-corrected chi connectivity index (χ4v) is 3.57. The molecule has 0 radical (unpaired) electrons. The maximum absolute atomic E-state index is 12.4. The van der Waals surface area contributed by atoms with Gasteiger partial charge in [-0.3, -0.25) is 14.2 Å². The number of hydrogen-bond acceptors (Lipinski definition) is 6. The number of phenols is 1. The number of nitrogens with one attached hydrogen (secondary N) is 3. The van der Waals surface area contributed by atoms with Crippen LogP contribution in [-0.2, 0) is 24.8 Å². The van der Waals surface area contributed by atoms with E-state index in [9.17, 15) is 26.7 Å². The van der Waals surface area contributed by atoms with Crippen molar-refractivity contribution >= 4 is 43.5 Å². The van der Waals surface area contributed by atoms with Gasteiger partial charge in [-0.05, 0) is 36.4 Å². The van der Waals surface area contributed by atoms with Crippen LogP contribution in [-0.4, -0.2) is 34.6 Å². The third-order valence-corrected chi connectivity index (χ3v) is 4.90. The Bertz CT molecular complexity index is 1000. The van der Waals surface area contributed by atoms with Crippen LogP contribution in [0.2, 0.25) is 0 Å². The SMILES string of the molecule is CS(=O)(=O)Nc1cccc(NS(=O)(=O)c2ccc(O)c(NC=O)c2)c1. The fourth-order valence-electron chi connectivity index (χ4n) is 1.94. The number of carbonyl (C=O) groups is 1. The molecule has 2 aromatic rings. The second-order valence-electron chi connectivity index (χ2n) is 5.00. The Kier molecular flexibility index (Phi) is 5.18. The van der Waals surface area contributed by atoms with E-state index in [-0.39, 0.29) is 27.7 Å². The molecule has 1 amide bonds. The van der Waals surface area contributed by atoms with Gasteiger partial charge in [0.25, 0.3) is 10.0 Å². The van der Waals surface area contributed by atoms with Crippen molar-refractivity contribution in [1.82, 2.24) is 0 Å². The third-order valence-electron chi connectivity index (χ3n) is 2.91. The number of anilines is 3. The van der Waals surface area contributed by atoms with Gasteiger partial charge in [-0.1, -0.05) is 6.07 Å². The molecule has 0 atom stereocenters. The van der Waals surface area contributed by atoms with Crippen molar-refractivity contribution in [2.45, 2.75) is 4.90 Å². The quantitative estimate of drug-likeness (QED) is 0.416. The average molecular weight is 385 g/mol. The van der Waals surface area contributed by atoms with Crippen molar-refractivity contribution in [3.63, 3.8) is 0 Å². The maximum Gasteiger partial charge on any atom is 0.261 e. The van der Waals surface area contributed by atoms with Crippen LogP contribution in [0.5, 0.6) is 5.75 Å². The van der Waals surface area contributed by atoms with E-state index in [1.165, 1.54) is 24.3 Å². The number of rotatable bonds is 7. The molecule has 2 aromatic carbocycles. The highest BCUT2D eigenvalue weighted by Gasteiger charge is 2.17. The van der Waals surface area contributed by atoms with Gasteiger partial charge >= 0.3 is 0 Å². The van der Waals surface area contributed by atoms with E-state index in [0.29, 0.717) is 6.41 Å². The molecule has 0 saturated carbocycles. The minimum Gasteiger partial charge on any atom is -0.506 e. The first kappa shape index (κ1) is 18.5. The molecule has 4 N–H and O–H groups in total. The molecule has 0 bridgehead atoms. The molecule has 0 saturated heterocycles. The highest BCUT2D eigenvalue weighted by Crippen LogP contribution is 2.27. The second-order valence-corrected chi connectivity index (χ2v) is 8.43. The van der Waals surface area contributed by atoms with Gasteiger partial charge in [0, 0.05) is 0 Å². The summed E-state index contributed by atoms with van der Waals surface area (Å²) >= 11 is 0. The van der Waals surface area contributed by atoms with Crippen molar-refractivity contribution in [3.05, 3.63) is 42.5 Å². The van der Waals surface area contributed by atoms with E-state index in [0.717, 1.165) is 24.5 Å². The first-order valence-corrected chi connectivity index (χ1v) is 10.1. The Hall–Kier alpha value is -2.79. The van der Waals surface area contributed by atoms with Gasteiger partial charge in [0.1, 0.15) is 5.75 Å². The zero-order valence-electron chi connectivity index (χ0n) is 12.9. The molecule has 0 aliphatic carbocycles. The largest absolute Gasteiger partial charge is 0.506 e. The first-order chi connectivity index (χ1) is 11.6. The Morgan fingerprint density at radius 2 is 1.60 bits per heavy atom. The lowest BCUT2D eigenvalue weighted by Gasteiger charge is -2.11. The van der Waals surface area contributed by atoms with Crippen LogP contribution >= 0.6 is 0 Å². The molecule has 25 heavy (non-hydrogen) atoms. The van der Waals surface area contributed by atoms with E-state index in [1.54, 1.807) is 0 Å². The van der Waals surface area contributed by atoms with Gasteiger partial charge in [0.15, 0.2) is 0 Å². The molecule has 11 heteroatoms. The Morgan fingerprint density at radius 1 is 0.960 bits per heavy atom. The van der Waals surface area contributed by atoms with E-state index in [2.05, 4.69) is 14.8 Å². The molecule has 0 aliphatic rings. The summed E-state index contributed by atoms with van der Waals surface area (Å²) < 4.78 is 51.8. The number of phenolic OH excluding ortho intramolecular Hbond substituents is 1. The molecule has 0 aromatic heterocycles. The van der Waals surface area contributed by atoms with Crippen LogP contribution in [0, 0.1) is 0 Å². The number of sulfonamides is 2. The first-order valence-electron chi connectivity index (χ1n) is 6.74. The van der Waals surface area contributed by atoms with Gasteiger partial charge in [0.2, 0.25) is 16.4 Å².